The Kier molecular flexibility index (Phi) is 8.89. The summed E-state index contributed by atoms with van der Waals surface area (Å²) < 4.78 is 6.56. The predicted octanol–water partition coefficient (Wildman–Crippen LogP) is 18.3. The maximum absolute atomic E-state index is 6.56. The molecule has 0 saturated carbocycles. The first-order chi connectivity index (χ1) is 32.7. The maximum Gasteiger partial charge on any atom is 0.143 e. The molecular weight excluding hydrogens is 799 g/mol. The van der Waals surface area contributed by atoms with Crippen LogP contribution in [0.3, 0.4) is 0 Å². The summed E-state index contributed by atoms with van der Waals surface area (Å²) in [6, 6.07) is 90.3. The molecule has 0 amide bonds. The number of fused-ring (bicyclic) bond motifs is 9. The molecule has 0 spiro atoms. The van der Waals surface area contributed by atoms with Gasteiger partial charge in [-0.05, 0) is 137 Å². The standard InChI is InChI=1S/C64H41NO/c1-4-19-52-43(13-1)16-12-25-53(52)47-18-11-17-46(39-47)42-27-33-50(34-28-42)65(51-35-29-45(30-36-51)60-40-48-15-3-5-20-54(48)57-23-7-8-24-58(57)60)62-26-10-9-21-55(62)49-32-38-63-61(41-49)59-37-31-44-14-2-6-22-56(44)64(59)66-63/h1-41H. The SMILES string of the molecule is c1cc(-c2ccc(N(c3ccc(-c4cc5ccccc5c5ccccc45)cc3)c3ccccc3-c3ccc4oc5c6ccccc6ccc5c4c3)cc2)cc(-c2cccc3ccccc23)c1. The molecule has 0 aliphatic rings. The fraction of sp³-hybridized carbons (Fsp3) is 0. The summed E-state index contributed by atoms with van der Waals surface area (Å²) in [6.45, 7) is 0. The van der Waals surface area contributed by atoms with Crippen molar-refractivity contribution in [3.8, 4) is 44.5 Å². The van der Waals surface area contributed by atoms with Gasteiger partial charge in [-0.25, -0.2) is 0 Å². The van der Waals surface area contributed by atoms with E-state index in [1.54, 1.807) is 0 Å². The Morgan fingerprint density at radius 3 is 1.62 bits per heavy atom. The molecule has 12 aromatic carbocycles. The van der Waals surface area contributed by atoms with Gasteiger partial charge in [0, 0.05) is 33.1 Å². The van der Waals surface area contributed by atoms with Crippen LogP contribution in [0.2, 0.25) is 0 Å². The summed E-state index contributed by atoms with van der Waals surface area (Å²) in [5, 5.41) is 12.1. The molecule has 13 aromatic rings. The quantitative estimate of drug-likeness (QED) is 0.149. The van der Waals surface area contributed by atoms with Crippen LogP contribution in [0.4, 0.5) is 17.1 Å². The van der Waals surface area contributed by atoms with Crippen LogP contribution in [0.15, 0.2) is 253 Å². The third kappa shape index (κ3) is 6.34. The number of nitrogens with zero attached hydrogens (tertiary/aromatic N) is 1. The average Bonchev–Trinajstić information content (AvgIpc) is 3.78. The molecule has 0 radical (unpaired) electrons. The fourth-order valence-corrected chi connectivity index (χ4v) is 10.2. The van der Waals surface area contributed by atoms with Crippen molar-refractivity contribution in [1.82, 2.24) is 0 Å². The summed E-state index contributed by atoms with van der Waals surface area (Å²) in [4.78, 5) is 2.40. The number of furan rings is 1. The lowest BCUT2D eigenvalue weighted by atomic mass is 9.93. The monoisotopic (exact) mass is 839 g/mol. The molecule has 0 unspecified atom stereocenters. The summed E-state index contributed by atoms with van der Waals surface area (Å²) in [5.74, 6) is 0. The zero-order chi connectivity index (χ0) is 43.6. The summed E-state index contributed by atoms with van der Waals surface area (Å²) in [6.07, 6.45) is 0. The first kappa shape index (κ1) is 37.8. The molecule has 0 aliphatic heterocycles. The van der Waals surface area contributed by atoms with E-state index < -0.39 is 0 Å². The van der Waals surface area contributed by atoms with E-state index in [4.69, 9.17) is 4.42 Å². The topological polar surface area (TPSA) is 16.4 Å². The number of para-hydroxylation sites is 1. The number of hydrogen-bond donors (Lipinski definition) is 0. The second-order valence-electron chi connectivity index (χ2n) is 17.2. The second kappa shape index (κ2) is 15.5. The largest absolute Gasteiger partial charge is 0.455 e. The highest BCUT2D eigenvalue weighted by atomic mass is 16.3. The van der Waals surface area contributed by atoms with Crippen LogP contribution < -0.4 is 4.90 Å². The van der Waals surface area contributed by atoms with E-state index in [2.05, 4.69) is 254 Å². The molecule has 2 nitrogen and oxygen atoms in total. The lowest BCUT2D eigenvalue weighted by molar-refractivity contribution is 0.672. The minimum Gasteiger partial charge on any atom is -0.455 e. The van der Waals surface area contributed by atoms with Crippen LogP contribution in [0.1, 0.15) is 0 Å². The van der Waals surface area contributed by atoms with Gasteiger partial charge in [0.2, 0.25) is 0 Å². The van der Waals surface area contributed by atoms with E-state index in [1.807, 2.05) is 0 Å². The highest BCUT2D eigenvalue weighted by Gasteiger charge is 2.20. The molecule has 308 valence electrons. The summed E-state index contributed by atoms with van der Waals surface area (Å²) in [7, 11) is 0. The van der Waals surface area contributed by atoms with E-state index in [9.17, 15) is 0 Å². The molecule has 0 aliphatic carbocycles. The third-order valence-corrected chi connectivity index (χ3v) is 13.4. The van der Waals surface area contributed by atoms with Gasteiger partial charge >= 0.3 is 0 Å². The lowest BCUT2D eigenvalue weighted by Crippen LogP contribution is -2.11. The summed E-state index contributed by atoms with van der Waals surface area (Å²) in [5.41, 5.74) is 14.5. The molecule has 0 fully saturated rings. The third-order valence-electron chi connectivity index (χ3n) is 13.4. The van der Waals surface area contributed by atoms with E-state index in [0.29, 0.717) is 0 Å². The van der Waals surface area contributed by atoms with E-state index in [0.717, 1.165) is 61.1 Å². The van der Waals surface area contributed by atoms with Crippen molar-refractivity contribution in [2.45, 2.75) is 0 Å². The Bertz CT molecular complexity index is 3990. The molecule has 13 rings (SSSR count). The lowest BCUT2D eigenvalue weighted by Gasteiger charge is -2.28. The van der Waals surface area contributed by atoms with Crippen LogP contribution in [0.5, 0.6) is 0 Å². The van der Waals surface area contributed by atoms with Gasteiger partial charge in [-0.1, -0.05) is 188 Å². The number of anilines is 3. The van der Waals surface area contributed by atoms with Gasteiger partial charge in [0.1, 0.15) is 11.2 Å². The van der Waals surface area contributed by atoms with Crippen molar-refractivity contribution in [1.29, 1.82) is 0 Å². The maximum atomic E-state index is 6.56. The molecule has 0 bridgehead atoms. The molecule has 1 heterocycles. The highest BCUT2D eigenvalue weighted by molar-refractivity contribution is 6.16. The normalized spacial score (nSPS) is 11.6. The van der Waals surface area contributed by atoms with Crippen molar-refractivity contribution in [2.75, 3.05) is 4.90 Å². The smallest absolute Gasteiger partial charge is 0.143 e. The molecular formula is C64H41NO. The Morgan fingerprint density at radius 1 is 0.258 bits per heavy atom. The van der Waals surface area contributed by atoms with Gasteiger partial charge in [-0.15, -0.1) is 0 Å². The Morgan fingerprint density at radius 2 is 0.818 bits per heavy atom. The molecule has 0 saturated heterocycles. The van der Waals surface area contributed by atoms with Gasteiger partial charge in [0.05, 0.1) is 5.69 Å². The predicted molar refractivity (Wildman–Crippen MR) is 280 cm³/mol. The summed E-state index contributed by atoms with van der Waals surface area (Å²) >= 11 is 0. The van der Waals surface area contributed by atoms with Crippen molar-refractivity contribution in [3.05, 3.63) is 249 Å². The zero-order valence-electron chi connectivity index (χ0n) is 36.0. The van der Waals surface area contributed by atoms with Crippen molar-refractivity contribution >= 4 is 82.1 Å². The Hall–Kier alpha value is -8.72. The van der Waals surface area contributed by atoms with Gasteiger partial charge in [-0.3, -0.25) is 0 Å². The number of hydrogen-bond acceptors (Lipinski definition) is 2. The van der Waals surface area contributed by atoms with Crippen LogP contribution in [0, 0.1) is 0 Å². The fourth-order valence-electron chi connectivity index (χ4n) is 10.2. The van der Waals surface area contributed by atoms with Crippen LogP contribution >= 0.6 is 0 Å². The molecule has 66 heavy (non-hydrogen) atoms. The van der Waals surface area contributed by atoms with Crippen molar-refractivity contribution in [3.63, 3.8) is 0 Å². The van der Waals surface area contributed by atoms with E-state index in [-0.39, 0.29) is 0 Å². The molecule has 0 N–H and O–H groups in total. The molecule has 2 heteroatoms. The van der Waals surface area contributed by atoms with Gasteiger partial charge in [0.15, 0.2) is 0 Å². The van der Waals surface area contributed by atoms with Crippen molar-refractivity contribution in [2.24, 2.45) is 0 Å². The minimum atomic E-state index is 0.886. The minimum absolute atomic E-state index is 0.886. The van der Waals surface area contributed by atoms with Gasteiger partial charge in [-0.2, -0.15) is 0 Å². The zero-order valence-corrected chi connectivity index (χ0v) is 36.0. The molecule has 0 atom stereocenters. The van der Waals surface area contributed by atoms with Crippen molar-refractivity contribution < 1.29 is 4.42 Å². The second-order valence-corrected chi connectivity index (χ2v) is 17.2. The highest BCUT2D eigenvalue weighted by Crippen LogP contribution is 2.45. The van der Waals surface area contributed by atoms with Crippen LogP contribution in [-0.4, -0.2) is 0 Å². The van der Waals surface area contributed by atoms with E-state index >= 15 is 0 Å². The van der Waals surface area contributed by atoms with Gasteiger partial charge in [0.25, 0.3) is 0 Å². The first-order valence-electron chi connectivity index (χ1n) is 22.7. The Labute approximate surface area is 382 Å². The van der Waals surface area contributed by atoms with Crippen LogP contribution in [-0.2, 0) is 0 Å². The number of benzene rings is 12. The average molecular weight is 840 g/mol. The first-order valence-corrected chi connectivity index (χ1v) is 22.7. The van der Waals surface area contributed by atoms with E-state index in [1.165, 1.54) is 65.5 Å². The molecule has 1 aromatic heterocycles. The Balaban J connectivity index is 0.941. The van der Waals surface area contributed by atoms with Gasteiger partial charge < -0.3 is 9.32 Å². The van der Waals surface area contributed by atoms with Crippen LogP contribution in [0.25, 0.3) is 110 Å². The number of rotatable bonds is 7.